The Bertz CT molecular complexity index is 1650. The number of amides is 2. The van der Waals surface area contributed by atoms with E-state index in [1.807, 2.05) is 61.9 Å². The maximum atomic E-state index is 12.8. The van der Waals surface area contributed by atoms with Crippen molar-refractivity contribution in [3.05, 3.63) is 54.4 Å². The lowest BCUT2D eigenvalue weighted by Crippen LogP contribution is -2.43. The van der Waals surface area contributed by atoms with Gasteiger partial charge in [0, 0.05) is 18.7 Å². The Labute approximate surface area is 242 Å². The molecule has 6 rings (SSSR count). The molecule has 2 amide bonds. The third kappa shape index (κ3) is 5.39. The van der Waals surface area contributed by atoms with E-state index < -0.39 is 5.60 Å². The number of hydrogen-bond donors (Lipinski definition) is 2. The maximum Gasteiger partial charge on any atom is 0.410 e. The molecule has 2 aliphatic rings. The van der Waals surface area contributed by atoms with Gasteiger partial charge in [0.05, 0.1) is 23.5 Å². The summed E-state index contributed by atoms with van der Waals surface area (Å²) in [5.74, 6) is 0.960. The Morgan fingerprint density at radius 2 is 1.88 bits per heavy atom. The van der Waals surface area contributed by atoms with E-state index in [1.54, 1.807) is 11.0 Å². The van der Waals surface area contributed by atoms with Gasteiger partial charge in [-0.15, -0.1) is 0 Å². The summed E-state index contributed by atoms with van der Waals surface area (Å²) in [5.41, 5.74) is 8.91. The van der Waals surface area contributed by atoms with Crippen molar-refractivity contribution in [2.24, 2.45) is 0 Å². The Balaban J connectivity index is 1.33. The van der Waals surface area contributed by atoms with Crippen LogP contribution in [0.1, 0.15) is 45.2 Å². The van der Waals surface area contributed by atoms with Gasteiger partial charge in [0.1, 0.15) is 23.4 Å². The van der Waals surface area contributed by atoms with Crippen molar-refractivity contribution in [2.45, 2.75) is 51.7 Å². The molecule has 1 fully saturated rings. The molecule has 0 aliphatic carbocycles. The number of ether oxygens (including phenoxy) is 3. The topological polar surface area (TPSA) is 147 Å². The average Bonchev–Trinajstić information content (AvgIpc) is 3.60. The highest BCUT2D eigenvalue weighted by molar-refractivity contribution is 6.01. The van der Waals surface area contributed by atoms with Crippen LogP contribution in [0, 0.1) is 0 Å². The van der Waals surface area contributed by atoms with Gasteiger partial charge in [0.15, 0.2) is 17.1 Å². The number of carbonyl (C=O) groups excluding carboxylic acids is 2. The van der Waals surface area contributed by atoms with Crippen molar-refractivity contribution in [1.82, 2.24) is 24.6 Å². The molecular weight excluding hydrogens is 538 g/mol. The van der Waals surface area contributed by atoms with Gasteiger partial charge in [0.25, 0.3) is 0 Å². The van der Waals surface area contributed by atoms with Crippen LogP contribution in [0.25, 0.3) is 22.3 Å². The molecule has 3 N–H and O–H groups in total. The lowest BCUT2D eigenvalue weighted by molar-refractivity contribution is -0.115. The number of carbonyl (C=O) groups is 2. The highest BCUT2D eigenvalue weighted by Gasteiger charge is 2.33. The first-order valence-corrected chi connectivity index (χ1v) is 13.9. The lowest BCUT2D eigenvalue weighted by Gasteiger charge is -2.34. The highest BCUT2D eigenvalue weighted by atomic mass is 16.7. The fourth-order valence-corrected chi connectivity index (χ4v) is 5.34. The zero-order valence-corrected chi connectivity index (χ0v) is 23.8. The highest BCUT2D eigenvalue weighted by Crippen LogP contribution is 2.48. The standard InChI is InChI=1S/C30H33N7O5/c1-30(2,3)42-29(39)36-13-7-10-19(15-36)37-28-23(27(31)32-16-33-28)24(35-37)20-11-12-21(26-25(20)40-17-41-26)34-22(38)14-18-8-5-4-6-9-18/h4-6,8-9,11-12,16,19H,7,10,13-15,17H2,1-3H3,(H,34,38)(H2,31,32,33)/t19-/m1/s1. The summed E-state index contributed by atoms with van der Waals surface area (Å²) in [6.45, 7) is 6.56. The van der Waals surface area contributed by atoms with Crippen LogP contribution in [-0.2, 0) is 16.0 Å². The van der Waals surface area contributed by atoms with E-state index in [0.29, 0.717) is 52.6 Å². The van der Waals surface area contributed by atoms with E-state index in [9.17, 15) is 9.59 Å². The molecule has 1 saturated heterocycles. The van der Waals surface area contributed by atoms with Crippen molar-refractivity contribution < 1.29 is 23.8 Å². The largest absolute Gasteiger partial charge is 0.453 e. The van der Waals surface area contributed by atoms with Gasteiger partial charge in [-0.1, -0.05) is 30.3 Å². The first-order chi connectivity index (χ1) is 20.2. The Morgan fingerprint density at radius 1 is 1.10 bits per heavy atom. The van der Waals surface area contributed by atoms with Crippen LogP contribution in [0.5, 0.6) is 11.5 Å². The number of nitrogen functional groups attached to an aromatic ring is 1. The minimum absolute atomic E-state index is 0.00794. The van der Waals surface area contributed by atoms with Gasteiger partial charge in [0.2, 0.25) is 12.7 Å². The summed E-state index contributed by atoms with van der Waals surface area (Å²) in [6.07, 6.45) is 2.85. The molecule has 42 heavy (non-hydrogen) atoms. The fourth-order valence-electron chi connectivity index (χ4n) is 5.34. The van der Waals surface area contributed by atoms with E-state index in [4.69, 9.17) is 25.0 Å². The zero-order chi connectivity index (χ0) is 29.4. The van der Waals surface area contributed by atoms with E-state index in [2.05, 4.69) is 15.3 Å². The van der Waals surface area contributed by atoms with Gasteiger partial charge >= 0.3 is 6.09 Å². The van der Waals surface area contributed by atoms with Gasteiger partial charge in [-0.3, -0.25) is 4.79 Å². The van der Waals surface area contributed by atoms with Crippen molar-refractivity contribution in [1.29, 1.82) is 0 Å². The third-order valence-corrected chi connectivity index (χ3v) is 7.17. The van der Waals surface area contributed by atoms with Gasteiger partial charge < -0.3 is 30.2 Å². The normalized spacial score (nSPS) is 16.5. The van der Waals surface area contributed by atoms with Crippen LogP contribution in [0.3, 0.4) is 0 Å². The van der Waals surface area contributed by atoms with Crippen LogP contribution in [0.15, 0.2) is 48.8 Å². The Kier molecular flexibility index (Phi) is 7.05. The van der Waals surface area contributed by atoms with Crippen LogP contribution in [-0.4, -0.2) is 62.1 Å². The number of piperidine rings is 1. The molecule has 0 saturated carbocycles. The first kappa shape index (κ1) is 27.3. The van der Waals surface area contributed by atoms with Crippen LogP contribution >= 0.6 is 0 Å². The summed E-state index contributed by atoms with van der Waals surface area (Å²) in [6, 6.07) is 12.9. The quantitative estimate of drug-likeness (QED) is 0.352. The molecule has 12 heteroatoms. The summed E-state index contributed by atoms with van der Waals surface area (Å²) < 4.78 is 19.1. The van der Waals surface area contributed by atoms with Crippen LogP contribution in [0.2, 0.25) is 0 Å². The Morgan fingerprint density at radius 3 is 2.67 bits per heavy atom. The molecule has 2 aliphatic heterocycles. The predicted molar refractivity (Wildman–Crippen MR) is 156 cm³/mol. The van der Waals surface area contributed by atoms with Crippen molar-refractivity contribution in [3.8, 4) is 22.8 Å². The Hall–Kier alpha value is -4.87. The van der Waals surface area contributed by atoms with Gasteiger partial charge in [-0.25, -0.2) is 19.4 Å². The third-order valence-electron chi connectivity index (χ3n) is 7.17. The summed E-state index contributed by atoms with van der Waals surface area (Å²) in [5, 5.41) is 8.48. The molecule has 0 bridgehead atoms. The monoisotopic (exact) mass is 571 g/mol. The van der Waals surface area contributed by atoms with Gasteiger partial charge in [-0.2, -0.15) is 5.10 Å². The van der Waals surface area contributed by atoms with Gasteiger partial charge in [-0.05, 0) is 51.3 Å². The number of fused-ring (bicyclic) bond motifs is 2. The molecule has 0 unspecified atom stereocenters. The van der Waals surface area contributed by atoms with E-state index in [0.717, 1.165) is 18.4 Å². The number of nitrogens with one attached hydrogen (secondary N) is 1. The number of nitrogens with two attached hydrogens (primary N) is 1. The number of hydrogen-bond acceptors (Lipinski definition) is 9. The van der Waals surface area contributed by atoms with Crippen LogP contribution < -0.4 is 20.5 Å². The van der Waals surface area contributed by atoms with Crippen molar-refractivity contribution >= 4 is 34.5 Å². The number of nitrogens with zero attached hydrogens (tertiary/aromatic N) is 5. The predicted octanol–water partition coefficient (Wildman–Crippen LogP) is 4.56. The average molecular weight is 572 g/mol. The number of anilines is 2. The number of rotatable bonds is 5. The molecule has 218 valence electrons. The molecular formula is C30H33N7O5. The molecule has 0 spiro atoms. The number of likely N-dealkylation sites (tertiary alicyclic amines) is 1. The fraction of sp³-hybridized carbons (Fsp3) is 0.367. The second kappa shape index (κ2) is 10.8. The van der Waals surface area contributed by atoms with E-state index in [-0.39, 0.29) is 37.1 Å². The second-order valence-corrected chi connectivity index (χ2v) is 11.4. The van der Waals surface area contributed by atoms with E-state index in [1.165, 1.54) is 6.33 Å². The second-order valence-electron chi connectivity index (χ2n) is 11.4. The minimum Gasteiger partial charge on any atom is -0.453 e. The minimum atomic E-state index is -0.590. The maximum absolute atomic E-state index is 12.8. The lowest BCUT2D eigenvalue weighted by atomic mass is 10.1. The first-order valence-electron chi connectivity index (χ1n) is 13.9. The molecule has 2 aromatic heterocycles. The number of benzene rings is 2. The molecule has 1 atom stereocenters. The van der Waals surface area contributed by atoms with Crippen LogP contribution in [0.4, 0.5) is 16.3 Å². The molecule has 0 radical (unpaired) electrons. The molecule has 12 nitrogen and oxygen atoms in total. The molecule has 2 aromatic carbocycles. The molecule has 4 aromatic rings. The number of aromatic nitrogens is 4. The summed E-state index contributed by atoms with van der Waals surface area (Å²) >= 11 is 0. The summed E-state index contributed by atoms with van der Waals surface area (Å²) in [7, 11) is 0. The smallest absolute Gasteiger partial charge is 0.410 e. The van der Waals surface area contributed by atoms with E-state index >= 15 is 0 Å². The van der Waals surface area contributed by atoms with Crippen molar-refractivity contribution in [2.75, 3.05) is 30.9 Å². The SMILES string of the molecule is CC(C)(C)OC(=O)N1CCC[C@@H](n2nc(-c3ccc(NC(=O)Cc4ccccc4)c4c3OCO4)c3c(N)ncnc32)C1. The summed E-state index contributed by atoms with van der Waals surface area (Å²) in [4.78, 5) is 36.1. The van der Waals surface area contributed by atoms with Crippen molar-refractivity contribution in [3.63, 3.8) is 0 Å². The zero-order valence-electron chi connectivity index (χ0n) is 23.8. The molecule has 4 heterocycles.